The normalized spacial score (nSPS) is 11.6. The van der Waals surface area contributed by atoms with E-state index < -0.39 is 10.0 Å². The van der Waals surface area contributed by atoms with Crippen molar-refractivity contribution in [3.63, 3.8) is 0 Å². The third-order valence-corrected chi connectivity index (χ3v) is 4.98. The number of nitrogens with one attached hydrogen (secondary N) is 1. The molecule has 122 valence electrons. The first-order chi connectivity index (χ1) is 11.4. The van der Waals surface area contributed by atoms with Crippen LogP contribution < -0.4 is 4.72 Å². The summed E-state index contributed by atoms with van der Waals surface area (Å²) in [5, 5.41) is 9.12. The number of imidazole rings is 1. The number of hydrogen-bond acceptors (Lipinski definition) is 4. The van der Waals surface area contributed by atoms with Crippen LogP contribution in [0.2, 0.25) is 0 Å². The van der Waals surface area contributed by atoms with Crippen molar-refractivity contribution >= 4 is 21.4 Å². The number of fused-ring (bicyclic) bond motifs is 1. The van der Waals surface area contributed by atoms with Crippen LogP contribution in [0.15, 0.2) is 53.7 Å². The Morgan fingerprint density at radius 3 is 2.54 bits per heavy atom. The Hall–Kier alpha value is -2.85. The molecule has 0 fully saturated rings. The third kappa shape index (κ3) is 2.84. The van der Waals surface area contributed by atoms with E-state index in [1.807, 2.05) is 26.0 Å². The van der Waals surface area contributed by atoms with Gasteiger partial charge in [0.2, 0.25) is 0 Å². The van der Waals surface area contributed by atoms with Crippen molar-refractivity contribution in [3.05, 3.63) is 59.9 Å². The second kappa shape index (κ2) is 5.98. The Balaban J connectivity index is 2.20. The molecule has 0 amide bonds. The first kappa shape index (κ1) is 16.0. The first-order valence-electron chi connectivity index (χ1n) is 7.42. The van der Waals surface area contributed by atoms with E-state index in [1.165, 1.54) is 4.40 Å². The van der Waals surface area contributed by atoms with E-state index in [9.17, 15) is 8.42 Å². The van der Waals surface area contributed by atoms with Gasteiger partial charge in [-0.1, -0.05) is 32.0 Å². The molecule has 0 atom stereocenters. The summed E-state index contributed by atoms with van der Waals surface area (Å²) in [6.07, 6.45) is 1.56. The van der Waals surface area contributed by atoms with Crippen molar-refractivity contribution in [1.82, 2.24) is 9.38 Å². The summed E-state index contributed by atoms with van der Waals surface area (Å²) in [4.78, 5) is 4.42. The molecule has 0 saturated carbocycles. The number of nitriles is 1. The van der Waals surface area contributed by atoms with E-state index >= 15 is 0 Å². The molecule has 3 aromatic rings. The minimum absolute atomic E-state index is 0.0854. The summed E-state index contributed by atoms with van der Waals surface area (Å²) >= 11 is 0. The molecule has 0 radical (unpaired) electrons. The van der Waals surface area contributed by atoms with Gasteiger partial charge in [-0.05, 0) is 30.2 Å². The van der Waals surface area contributed by atoms with Gasteiger partial charge in [0.05, 0.1) is 17.3 Å². The highest BCUT2D eigenvalue weighted by Gasteiger charge is 2.27. The van der Waals surface area contributed by atoms with E-state index in [0.717, 1.165) is 0 Å². The van der Waals surface area contributed by atoms with Crippen LogP contribution in [0.25, 0.3) is 5.65 Å². The lowest BCUT2D eigenvalue weighted by Gasteiger charge is -2.11. The van der Waals surface area contributed by atoms with Crippen molar-refractivity contribution in [1.29, 1.82) is 5.26 Å². The summed E-state index contributed by atoms with van der Waals surface area (Å²) in [6.45, 7) is 3.77. The zero-order valence-corrected chi connectivity index (χ0v) is 14.1. The number of rotatable bonds is 4. The molecule has 0 spiro atoms. The standard InChI is InChI=1S/C17H16N4O2S/c1-12(2)16-17(21-9-8-13(11-18)10-15(21)19-16)24(22,23)20-14-6-4-3-5-7-14/h3-10,12,20H,1-2H3. The van der Waals surface area contributed by atoms with Gasteiger partial charge in [-0.2, -0.15) is 13.7 Å². The first-order valence-corrected chi connectivity index (χ1v) is 8.90. The number of anilines is 1. The van der Waals surface area contributed by atoms with Crippen LogP contribution in [0, 0.1) is 11.3 Å². The van der Waals surface area contributed by atoms with E-state index in [4.69, 9.17) is 5.26 Å². The molecule has 2 heterocycles. The summed E-state index contributed by atoms with van der Waals surface area (Å²) < 4.78 is 29.9. The molecule has 3 rings (SSSR count). The third-order valence-electron chi connectivity index (χ3n) is 3.56. The minimum atomic E-state index is -3.82. The molecule has 0 bridgehead atoms. The topological polar surface area (TPSA) is 87.3 Å². The van der Waals surface area contributed by atoms with Crippen LogP contribution in [0.4, 0.5) is 5.69 Å². The molecule has 2 aromatic heterocycles. The molecule has 7 heteroatoms. The molecule has 1 aromatic carbocycles. The van der Waals surface area contributed by atoms with Gasteiger partial charge in [0.25, 0.3) is 10.0 Å². The Bertz CT molecular complexity index is 1030. The Morgan fingerprint density at radius 1 is 1.21 bits per heavy atom. The average Bonchev–Trinajstić information content (AvgIpc) is 2.95. The van der Waals surface area contributed by atoms with Crippen molar-refractivity contribution < 1.29 is 8.42 Å². The van der Waals surface area contributed by atoms with E-state index in [2.05, 4.69) is 9.71 Å². The van der Waals surface area contributed by atoms with Crippen molar-refractivity contribution in [2.24, 2.45) is 0 Å². The predicted octanol–water partition coefficient (Wildman–Crippen LogP) is 3.13. The summed E-state index contributed by atoms with van der Waals surface area (Å²) in [6, 6.07) is 13.9. The van der Waals surface area contributed by atoms with Crippen LogP contribution in [0.1, 0.15) is 31.0 Å². The monoisotopic (exact) mass is 340 g/mol. The van der Waals surface area contributed by atoms with E-state index in [0.29, 0.717) is 22.6 Å². The maximum atomic E-state index is 12.9. The number of para-hydroxylation sites is 1. The second-order valence-electron chi connectivity index (χ2n) is 5.68. The number of nitrogens with zero attached hydrogens (tertiary/aromatic N) is 3. The van der Waals surface area contributed by atoms with E-state index in [-0.39, 0.29) is 10.9 Å². The number of pyridine rings is 1. The SMILES string of the molecule is CC(C)c1nc2cc(C#N)ccn2c1S(=O)(=O)Nc1ccccc1. The Kier molecular flexibility index (Phi) is 3.99. The zero-order valence-electron chi connectivity index (χ0n) is 13.3. The molecule has 6 nitrogen and oxygen atoms in total. The van der Waals surface area contributed by atoms with Crippen LogP contribution in [0.3, 0.4) is 0 Å². The smallest absolute Gasteiger partial charge is 0.279 e. The Morgan fingerprint density at radius 2 is 1.92 bits per heavy atom. The fourth-order valence-electron chi connectivity index (χ4n) is 2.46. The highest BCUT2D eigenvalue weighted by molar-refractivity contribution is 7.92. The predicted molar refractivity (Wildman–Crippen MR) is 91.2 cm³/mol. The lowest BCUT2D eigenvalue weighted by Crippen LogP contribution is -2.17. The highest BCUT2D eigenvalue weighted by Crippen LogP contribution is 2.27. The molecular formula is C17H16N4O2S. The number of aromatic nitrogens is 2. The molecule has 0 aliphatic heterocycles. The maximum absolute atomic E-state index is 12.9. The van der Waals surface area contributed by atoms with Gasteiger partial charge in [-0.25, -0.2) is 4.98 Å². The summed E-state index contributed by atoms with van der Waals surface area (Å²) in [5.41, 5.74) is 1.82. The second-order valence-corrected chi connectivity index (χ2v) is 7.28. The number of benzene rings is 1. The number of hydrogen-bond donors (Lipinski definition) is 1. The maximum Gasteiger partial charge on any atom is 0.279 e. The van der Waals surface area contributed by atoms with Crippen LogP contribution in [-0.4, -0.2) is 17.8 Å². The van der Waals surface area contributed by atoms with Gasteiger partial charge in [-0.3, -0.25) is 9.12 Å². The molecule has 0 aliphatic rings. The molecule has 24 heavy (non-hydrogen) atoms. The molecule has 1 N–H and O–H groups in total. The van der Waals surface area contributed by atoms with Gasteiger partial charge < -0.3 is 0 Å². The summed E-state index contributed by atoms with van der Waals surface area (Å²) in [7, 11) is -3.82. The average molecular weight is 340 g/mol. The van der Waals surface area contributed by atoms with Gasteiger partial charge in [0.15, 0.2) is 5.03 Å². The fraction of sp³-hybridized carbons (Fsp3) is 0.176. The minimum Gasteiger partial charge on any atom is -0.289 e. The lowest BCUT2D eigenvalue weighted by atomic mass is 10.2. The number of sulfonamides is 1. The molecular weight excluding hydrogens is 324 g/mol. The van der Waals surface area contributed by atoms with Gasteiger partial charge in [0.1, 0.15) is 5.65 Å². The molecule has 0 unspecified atom stereocenters. The van der Waals surface area contributed by atoms with Gasteiger partial charge >= 0.3 is 0 Å². The summed E-state index contributed by atoms with van der Waals surface area (Å²) in [5.74, 6) is -0.0854. The Labute approximate surface area is 140 Å². The lowest BCUT2D eigenvalue weighted by molar-refractivity contribution is 0.593. The van der Waals surface area contributed by atoms with Gasteiger partial charge in [-0.15, -0.1) is 0 Å². The van der Waals surface area contributed by atoms with Crippen molar-refractivity contribution in [2.75, 3.05) is 4.72 Å². The van der Waals surface area contributed by atoms with Crippen LogP contribution in [0.5, 0.6) is 0 Å². The van der Waals surface area contributed by atoms with Crippen molar-refractivity contribution in [2.45, 2.75) is 24.8 Å². The molecule has 0 aliphatic carbocycles. The fourth-order valence-corrected chi connectivity index (χ4v) is 3.98. The van der Waals surface area contributed by atoms with Gasteiger partial charge in [0, 0.05) is 11.9 Å². The molecule has 0 saturated heterocycles. The largest absolute Gasteiger partial charge is 0.289 e. The van der Waals surface area contributed by atoms with Crippen LogP contribution in [-0.2, 0) is 10.0 Å². The highest BCUT2D eigenvalue weighted by atomic mass is 32.2. The quantitative estimate of drug-likeness (QED) is 0.790. The van der Waals surface area contributed by atoms with E-state index in [1.54, 1.807) is 42.6 Å². The van der Waals surface area contributed by atoms with Crippen molar-refractivity contribution in [3.8, 4) is 6.07 Å². The van der Waals surface area contributed by atoms with Crippen LogP contribution >= 0.6 is 0 Å². The zero-order chi connectivity index (χ0) is 17.3.